The molecule has 3 rings (SSSR count). The van der Waals surface area contributed by atoms with Crippen LogP contribution in [0.15, 0.2) is 41.8 Å². The lowest BCUT2D eigenvalue weighted by Gasteiger charge is -2.35. The number of carbonyl (C=O) groups excluding carboxylic acids is 3. The summed E-state index contributed by atoms with van der Waals surface area (Å²) in [6.45, 7) is 5.59. The van der Waals surface area contributed by atoms with Gasteiger partial charge in [0.1, 0.15) is 0 Å². The minimum atomic E-state index is -1.01. The minimum absolute atomic E-state index is 0.0496. The zero-order valence-corrected chi connectivity index (χ0v) is 17.1. The van der Waals surface area contributed by atoms with Crippen molar-refractivity contribution >= 4 is 23.3 Å². The van der Waals surface area contributed by atoms with E-state index >= 15 is 0 Å². The first-order valence-corrected chi connectivity index (χ1v) is 10.1. The first-order valence-electron chi connectivity index (χ1n) is 10.1. The summed E-state index contributed by atoms with van der Waals surface area (Å²) in [4.78, 5) is 37.3. The maximum absolute atomic E-state index is 12.6. The van der Waals surface area contributed by atoms with Gasteiger partial charge in [-0.25, -0.2) is 4.79 Å². The second-order valence-electron chi connectivity index (χ2n) is 7.84. The summed E-state index contributed by atoms with van der Waals surface area (Å²) >= 11 is 0. The Hall–Kier alpha value is -2.83. The molecule has 2 aliphatic rings. The lowest BCUT2D eigenvalue weighted by Crippen LogP contribution is -2.47. The van der Waals surface area contributed by atoms with Crippen LogP contribution in [0.4, 0.5) is 5.69 Å². The molecule has 4 atom stereocenters. The van der Waals surface area contributed by atoms with Gasteiger partial charge in [0.2, 0.25) is 11.7 Å². The highest BCUT2D eigenvalue weighted by molar-refractivity contribution is 6.20. The number of nitrogens with one attached hydrogen (secondary N) is 2. The lowest BCUT2D eigenvalue weighted by atomic mass is 9.78. The van der Waals surface area contributed by atoms with Crippen molar-refractivity contribution in [1.29, 1.82) is 0 Å². The third-order valence-corrected chi connectivity index (χ3v) is 5.78. The van der Waals surface area contributed by atoms with Crippen LogP contribution in [0, 0.1) is 11.8 Å². The highest BCUT2D eigenvalue weighted by atomic mass is 16.6. The van der Waals surface area contributed by atoms with Crippen LogP contribution in [0.2, 0.25) is 0 Å². The number of para-hydroxylation sites is 1. The van der Waals surface area contributed by atoms with Crippen molar-refractivity contribution in [2.45, 2.75) is 52.2 Å². The second kappa shape index (κ2) is 9.11. The Kier molecular flexibility index (Phi) is 6.56. The summed E-state index contributed by atoms with van der Waals surface area (Å²) in [6.07, 6.45) is 2.13. The number of benzene rings is 1. The Bertz CT molecular complexity index is 805. The van der Waals surface area contributed by atoms with Crippen LogP contribution in [-0.2, 0) is 23.9 Å². The van der Waals surface area contributed by atoms with Crippen LogP contribution >= 0.6 is 0 Å². The molecule has 0 bridgehead atoms. The number of Topliss-reactive ketones (excluding diaryl/α,β-unsaturated/α-hetero) is 1. The highest BCUT2D eigenvalue weighted by Crippen LogP contribution is 2.29. The van der Waals surface area contributed by atoms with Gasteiger partial charge in [0, 0.05) is 11.7 Å². The quantitative estimate of drug-likeness (QED) is 0.563. The van der Waals surface area contributed by atoms with Gasteiger partial charge in [-0.2, -0.15) is 0 Å². The Morgan fingerprint density at radius 3 is 2.62 bits per heavy atom. The van der Waals surface area contributed by atoms with Crippen molar-refractivity contribution in [3.63, 3.8) is 0 Å². The molecule has 0 unspecified atom stereocenters. The van der Waals surface area contributed by atoms with Gasteiger partial charge in [0.15, 0.2) is 18.3 Å². The lowest BCUT2D eigenvalue weighted by molar-refractivity contribution is -0.152. The molecule has 1 aliphatic carbocycles. The van der Waals surface area contributed by atoms with Crippen LogP contribution in [0.1, 0.15) is 40.0 Å². The largest absolute Gasteiger partial charge is 0.470 e. The molecule has 1 saturated carbocycles. The SMILES string of the molecule is C[C@@H]1[C@H](C)CCC[C@H]1NC(=O)[C@@H](C)OC(=O)C1=C(Nc2ccccc2)OCC1=O. The van der Waals surface area contributed by atoms with Crippen LogP contribution in [0.3, 0.4) is 0 Å². The average molecular weight is 400 g/mol. The van der Waals surface area contributed by atoms with E-state index in [1.165, 1.54) is 6.92 Å². The molecule has 1 aromatic carbocycles. The van der Waals surface area contributed by atoms with Gasteiger partial charge in [-0.3, -0.25) is 9.59 Å². The monoisotopic (exact) mass is 400 g/mol. The van der Waals surface area contributed by atoms with Crippen LogP contribution in [0.5, 0.6) is 0 Å². The third-order valence-electron chi connectivity index (χ3n) is 5.78. The van der Waals surface area contributed by atoms with Crippen molar-refractivity contribution in [1.82, 2.24) is 5.32 Å². The van der Waals surface area contributed by atoms with E-state index in [9.17, 15) is 14.4 Å². The Morgan fingerprint density at radius 1 is 1.17 bits per heavy atom. The smallest absolute Gasteiger partial charge is 0.348 e. The van der Waals surface area contributed by atoms with E-state index in [2.05, 4.69) is 24.5 Å². The molecule has 29 heavy (non-hydrogen) atoms. The molecule has 0 radical (unpaired) electrons. The van der Waals surface area contributed by atoms with Gasteiger partial charge in [0.25, 0.3) is 5.91 Å². The fraction of sp³-hybridized carbons (Fsp3) is 0.500. The van der Waals surface area contributed by atoms with Crippen molar-refractivity contribution in [3.05, 3.63) is 41.8 Å². The fourth-order valence-corrected chi connectivity index (χ4v) is 3.73. The number of rotatable bonds is 6. The van der Waals surface area contributed by atoms with Gasteiger partial charge in [0.05, 0.1) is 0 Å². The van der Waals surface area contributed by atoms with E-state index < -0.39 is 17.9 Å². The highest BCUT2D eigenvalue weighted by Gasteiger charge is 2.35. The van der Waals surface area contributed by atoms with Gasteiger partial charge in [-0.15, -0.1) is 0 Å². The van der Waals surface area contributed by atoms with Gasteiger partial charge < -0.3 is 20.1 Å². The summed E-state index contributed by atoms with van der Waals surface area (Å²) in [6, 6.07) is 9.12. The van der Waals surface area contributed by atoms with E-state index in [4.69, 9.17) is 9.47 Å². The van der Waals surface area contributed by atoms with Gasteiger partial charge in [-0.05, 0) is 37.3 Å². The number of ether oxygens (including phenoxy) is 2. The van der Waals surface area contributed by atoms with Crippen LogP contribution in [-0.4, -0.2) is 36.4 Å². The maximum atomic E-state index is 12.6. The average Bonchev–Trinajstić information content (AvgIpc) is 3.06. The molecule has 7 heteroatoms. The van der Waals surface area contributed by atoms with Crippen LogP contribution in [0.25, 0.3) is 0 Å². The maximum Gasteiger partial charge on any atom is 0.348 e. The minimum Gasteiger partial charge on any atom is -0.470 e. The summed E-state index contributed by atoms with van der Waals surface area (Å²) in [7, 11) is 0. The Balaban J connectivity index is 1.63. The molecular formula is C22H28N2O5. The first kappa shape index (κ1) is 20.9. The summed E-state index contributed by atoms with van der Waals surface area (Å²) < 4.78 is 10.6. The van der Waals surface area contributed by atoms with Gasteiger partial charge in [-0.1, -0.05) is 44.9 Å². The number of carbonyl (C=O) groups is 3. The van der Waals surface area contributed by atoms with E-state index in [-0.39, 0.29) is 30.0 Å². The van der Waals surface area contributed by atoms with Crippen molar-refractivity contribution in [2.24, 2.45) is 11.8 Å². The molecule has 0 saturated heterocycles. The molecule has 2 N–H and O–H groups in total. The number of anilines is 1. The first-order chi connectivity index (χ1) is 13.9. The topological polar surface area (TPSA) is 93.7 Å². The Morgan fingerprint density at radius 2 is 1.90 bits per heavy atom. The zero-order valence-electron chi connectivity index (χ0n) is 17.1. The predicted molar refractivity (Wildman–Crippen MR) is 108 cm³/mol. The van der Waals surface area contributed by atoms with E-state index in [1.807, 2.05) is 18.2 Å². The number of ketones is 1. The molecule has 0 spiro atoms. The molecular weight excluding hydrogens is 372 g/mol. The van der Waals surface area contributed by atoms with E-state index in [0.29, 0.717) is 17.5 Å². The van der Waals surface area contributed by atoms with Crippen molar-refractivity contribution < 1.29 is 23.9 Å². The number of hydrogen-bond acceptors (Lipinski definition) is 6. The fourth-order valence-electron chi connectivity index (χ4n) is 3.73. The molecule has 1 heterocycles. The van der Waals surface area contributed by atoms with E-state index in [0.717, 1.165) is 19.3 Å². The third kappa shape index (κ3) is 4.96. The van der Waals surface area contributed by atoms with E-state index in [1.54, 1.807) is 12.1 Å². The van der Waals surface area contributed by atoms with Crippen LogP contribution < -0.4 is 10.6 Å². The molecule has 7 nitrogen and oxygen atoms in total. The van der Waals surface area contributed by atoms with Gasteiger partial charge >= 0.3 is 5.97 Å². The molecule has 156 valence electrons. The van der Waals surface area contributed by atoms with Crippen molar-refractivity contribution in [3.8, 4) is 0 Å². The molecule has 1 amide bonds. The molecule has 1 fully saturated rings. The van der Waals surface area contributed by atoms with Crippen molar-refractivity contribution in [2.75, 3.05) is 11.9 Å². The molecule has 0 aromatic heterocycles. The number of amides is 1. The molecule has 1 aliphatic heterocycles. The Labute approximate surface area is 170 Å². The predicted octanol–water partition coefficient (Wildman–Crippen LogP) is 2.78. The standard InChI is InChI=1S/C22H28N2O5/c1-13-8-7-11-17(14(13)2)24-20(26)15(3)29-22(27)19-18(25)12-28-21(19)23-16-9-5-4-6-10-16/h4-6,9-10,13-15,17,23H,7-8,11-12H2,1-3H3,(H,24,26)/t13-,14-,15-,17-/m1/s1. The normalized spacial score (nSPS) is 25.2. The zero-order chi connectivity index (χ0) is 21.0. The summed E-state index contributed by atoms with van der Waals surface area (Å²) in [5, 5.41) is 5.91. The summed E-state index contributed by atoms with van der Waals surface area (Å²) in [5.41, 5.74) is 0.474. The second-order valence-corrected chi connectivity index (χ2v) is 7.84. The molecule has 1 aromatic rings. The number of hydrogen-bond donors (Lipinski definition) is 2. The summed E-state index contributed by atoms with van der Waals surface area (Å²) in [5.74, 6) is -0.737. The number of esters is 1.